The summed E-state index contributed by atoms with van der Waals surface area (Å²) in [7, 11) is 1.30. The minimum Gasteiger partial charge on any atom is -0.465 e. The van der Waals surface area contributed by atoms with Crippen LogP contribution < -0.4 is 10.6 Å². The van der Waals surface area contributed by atoms with Gasteiger partial charge in [-0.25, -0.2) is 4.79 Å². The fourth-order valence-electron chi connectivity index (χ4n) is 2.74. The largest absolute Gasteiger partial charge is 0.465 e. The summed E-state index contributed by atoms with van der Waals surface area (Å²) in [4.78, 5) is 36.4. The van der Waals surface area contributed by atoms with Gasteiger partial charge in [0.2, 0.25) is 0 Å². The molecule has 3 aromatic rings. The fourth-order valence-corrected chi connectivity index (χ4v) is 2.74. The van der Waals surface area contributed by atoms with E-state index in [1.165, 1.54) is 31.4 Å². The number of aryl methyl sites for hydroxylation is 1. The average Bonchev–Trinajstić information content (AvgIpc) is 2.73. The van der Waals surface area contributed by atoms with E-state index in [1.54, 1.807) is 24.3 Å². The molecule has 6 heteroatoms. The van der Waals surface area contributed by atoms with Gasteiger partial charge in [0.25, 0.3) is 11.8 Å². The molecule has 3 aromatic carbocycles. The molecule has 2 N–H and O–H groups in total. The van der Waals surface area contributed by atoms with Crippen molar-refractivity contribution >= 4 is 29.2 Å². The predicted octanol–water partition coefficient (Wildman–Crippen LogP) is 4.29. The van der Waals surface area contributed by atoms with Crippen molar-refractivity contribution in [2.75, 3.05) is 17.7 Å². The Balaban J connectivity index is 1.69. The maximum atomic E-state index is 12.5. The molecule has 0 fully saturated rings. The van der Waals surface area contributed by atoms with Gasteiger partial charge in [-0.1, -0.05) is 18.2 Å². The molecular formula is C23H20N2O4. The van der Waals surface area contributed by atoms with E-state index in [9.17, 15) is 14.4 Å². The fraction of sp³-hybridized carbons (Fsp3) is 0.0870. The Morgan fingerprint density at radius 1 is 0.690 bits per heavy atom. The molecule has 0 saturated carbocycles. The summed E-state index contributed by atoms with van der Waals surface area (Å²) in [5.74, 6) is -1.09. The van der Waals surface area contributed by atoms with Gasteiger partial charge in [0, 0.05) is 22.5 Å². The SMILES string of the molecule is COC(=O)c1ccc(C(=O)Nc2cccc(C(=O)Nc3cccc(C)c3)c2)cc1. The molecule has 3 rings (SSSR count). The number of hydrogen-bond donors (Lipinski definition) is 2. The maximum Gasteiger partial charge on any atom is 0.337 e. The van der Waals surface area contributed by atoms with E-state index >= 15 is 0 Å². The number of carbonyl (C=O) groups excluding carboxylic acids is 3. The highest BCUT2D eigenvalue weighted by Crippen LogP contribution is 2.16. The summed E-state index contributed by atoms with van der Waals surface area (Å²) >= 11 is 0. The summed E-state index contributed by atoms with van der Waals surface area (Å²) in [6.45, 7) is 1.95. The molecule has 2 amide bonds. The van der Waals surface area contributed by atoms with Crippen molar-refractivity contribution in [1.29, 1.82) is 0 Å². The van der Waals surface area contributed by atoms with E-state index in [1.807, 2.05) is 31.2 Å². The molecule has 6 nitrogen and oxygen atoms in total. The van der Waals surface area contributed by atoms with Gasteiger partial charge in [-0.2, -0.15) is 0 Å². The minimum absolute atomic E-state index is 0.269. The smallest absolute Gasteiger partial charge is 0.337 e. The van der Waals surface area contributed by atoms with Crippen LogP contribution in [0.5, 0.6) is 0 Å². The van der Waals surface area contributed by atoms with Crippen LogP contribution in [0, 0.1) is 6.92 Å². The number of carbonyl (C=O) groups is 3. The van der Waals surface area contributed by atoms with Crippen LogP contribution in [0.3, 0.4) is 0 Å². The van der Waals surface area contributed by atoms with Crippen LogP contribution in [0.15, 0.2) is 72.8 Å². The first-order valence-corrected chi connectivity index (χ1v) is 8.94. The predicted molar refractivity (Wildman–Crippen MR) is 111 cm³/mol. The van der Waals surface area contributed by atoms with E-state index in [0.717, 1.165) is 5.56 Å². The van der Waals surface area contributed by atoms with E-state index in [2.05, 4.69) is 15.4 Å². The van der Waals surface area contributed by atoms with Gasteiger partial charge in [0.05, 0.1) is 12.7 Å². The molecule has 0 aliphatic carbocycles. The van der Waals surface area contributed by atoms with Crippen LogP contribution in [0.4, 0.5) is 11.4 Å². The molecule has 0 aromatic heterocycles. The van der Waals surface area contributed by atoms with Gasteiger partial charge in [0.1, 0.15) is 0 Å². The number of nitrogens with one attached hydrogen (secondary N) is 2. The van der Waals surface area contributed by atoms with Crippen molar-refractivity contribution in [3.05, 3.63) is 95.1 Å². The van der Waals surface area contributed by atoms with Gasteiger partial charge < -0.3 is 15.4 Å². The van der Waals surface area contributed by atoms with Gasteiger partial charge in [-0.05, 0) is 67.1 Å². The zero-order valence-corrected chi connectivity index (χ0v) is 16.1. The van der Waals surface area contributed by atoms with Crippen LogP contribution in [-0.2, 0) is 4.74 Å². The average molecular weight is 388 g/mol. The molecular weight excluding hydrogens is 368 g/mol. The van der Waals surface area contributed by atoms with E-state index < -0.39 is 5.97 Å². The molecule has 0 aliphatic rings. The number of benzene rings is 3. The Morgan fingerprint density at radius 3 is 1.86 bits per heavy atom. The first-order valence-electron chi connectivity index (χ1n) is 8.94. The van der Waals surface area contributed by atoms with Crippen LogP contribution in [-0.4, -0.2) is 24.9 Å². The summed E-state index contributed by atoms with van der Waals surface area (Å²) in [5, 5.41) is 5.59. The third-order valence-electron chi connectivity index (χ3n) is 4.23. The first-order chi connectivity index (χ1) is 14.0. The molecule has 29 heavy (non-hydrogen) atoms. The van der Waals surface area contributed by atoms with E-state index in [0.29, 0.717) is 28.1 Å². The van der Waals surface area contributed by atoms with E-state index in [4.69, 9.17) is 0 Å². The summed E-state index contributed by atoms with van der Waals surface area (Å²) in [6.07, 6.45) is 0. The monoisotopic (exact) mass is 388 g/mol. The Morgan fingerprint density at radius 2 is 1.24 bits per heavy atom. The number of esters is 1. The van der Waals surface area contributed by atoms with Crippen molar-refractivity contribution in [2.45, 2.75) is 6.92 Å². The highest BCUT2D eigenvalue weighted by Gasteiger charge is 2.11. The minimum atomic E-state index is -0.468. The third kappa shape index (κ3) is 5.07. The standard InChI is InChI=1S/C23H20N2O4/c1-15-5-3-7-19(13-15)24-22(27)18-6-4-8-20(14-18)25-21(26)16-9-11-17(12-10-16)23(28)29-2/h3-14H,1-2H3,(H,24,27)(H,25,26). The van der Waals surface area contributed by atoms with Gasteiger partial charge in [0.15, 0.2) is 0 Å². The highest BCUT2D eigenvalue weighted by atomic mass is 16.5. The lowest BCUT2D eigenvalue weighted by molar-refractivity contribution is 0.0600. The lowest BCUT2D eigenvalue weighted by Crippen LogP contribution is -2.15. The zero-order valence-electron chi connectivity index (χ0n) is 16.1. The van der Waals surface area contributed by atoms with Crippen molar-refractivity contribution in [1.82, 2.24) is 0 Å². The van der Waals surface area contributed by atoms with Gasteiger partial charge in [-0.15, -0.1) is 0 Å². The Hall–Kier alpha value is -3.93. The second-order valence-corrected chi connectivity index (χ2v) is 6.43. The van der Waals surface area contributed by atoms with Crippen LogP contribution in [0.25, 0.3) is 0 Å². The zero-order chi connectivity index (χ0) is 20.8. The Kier molecular flexibility index (Phi) is 6.04. The topological polar surface area (TPSA) is 84.5 Å². The highest BCUT2D eigenvalue weighted by molar-refractivity contribution is 6.07. The molecule has 146 valence electrons. The summed E-state index contributed by atoms with van der Waals surface area (Å²) in [5.41, 5.74) is 3.40. The molecule has 0 aliphatic heterocycles. The number of hydrogen-bond acceptors (Lipinski definition) is 4. The number of anilines is 2. The molecule has 0 heterocycles. The molecule has 0 atom stereocenters. The Labute approximate surface area is 168 Å². The lowest BCUT2D eigenvalue weighted by Gasteiger charge is -2.09. The quantitative estimate of drug-likeness (QED) is 0.639. The van der Waals surface area contributed by atoms with Crippen molar-refractivity contribution in [2.24, 2.45) is 0 Å². The third-order valence-corrected chi connectivity index (χ3v) is 4.23. The van der Waals surface area contributed by atoms with Crippen molar-refractivity contribution < 1.29 is 19.1 Å². The number of ether oxygens (including phenoxy) is 1. The molecule has 0 saturated heterocycles. The van der Waals surface area contributed by atoms with E-state index in [-0.39, 0.29) is 11.8 Å². The second kappa shape index (κ2) is 8.84. The molecule has 0 radical (unpaired) electrons. The number of amides is 2. The number of rotatable bonds is 5. The van der Waals surface area contributed by atoms with Crippen molar-refractivity contribution in [3.8, 4) is 0 Å². The number of methoxy groups -OCH3 is 1. The van der Waals surface area contributed by atoms with Gasteiger partial charge >= 0.3 is 5.97 Å². The van der Waals surface area contributed by atoms with Crippen LogP contribution >= 0.6 is 0 Å². The Bertz CT molecular complexity index is 1060. The summed E-state index contributed by atoms with van der Waals surface area (Å²) in [6, 6.07) is 20.3. The molecule has 0 spiro atoms. The lowest BCUT2D eigenvalue weighted by atomic mass is 10.1. The van der Waals surface area contributed by atoms with Crippen LogP contribution in [0.2, 0.25) is 0 Å². The van der Waals surface area contributed by atoms with Crippen LogP contribution in [0.1, 0.15) is 36.6 Å². The van der Waals surface area contributed by atoms with Gasteiger partial charge in [-0.3, -0.25) is 9.59 Å². The molecule has 0 bridgehead atoms. The van der Waals surface area contributed by atoms with Crippen molar-refractivity contribution in [3.63, 3.8) is 0 Å². The summed E-state index contributed by atoms with van der Waals surface area (Å²) < 4.78 is 4.64. The second-order valence-electron chi connectivity index (χ2n) is 6.43. The molecule has 0 unspecified atom stereocenters. The normalized spacial score (nSPS) is 10.1. The maximum absolute atomic E-state index is 12.5. The first kappa shape index (κ1) is 19.8.